The Morgan fingerprint density at radius 2 is 1.33 bits per heavy atom. The molecule has 3 rings (SSSR count). The Kier molecular flexibility index (Phi) is 11.1. The van der Waals surface area contributed by atoms with E-state index in [0.717, 1.165) is 0 Å². The minimum absolute atomic E-state index is 0.0653. The molecule has 200 valence electrons. The van der Waals surface area contributed by atoms with E-state index in [4.69, 9.17) is 65.3 Å². The standard InChI is InChI=1S/C17H29B3O14P2/c1-26-5-10-9(4-14(19)30-10)33-35(22,23)29-7-12-16(15(21)17(20)32-12)34-36(24,25)28-6-11-8(27-2)3-13(18)31-11/h8-17,21H,3-7H2,1-2H3,(H,22,23)(H,24,25). The minimum Gasteiger partial charge on any atom is -0.388 e. The number of ether oxygens (including phenoxy) is 5. The smallest absolute Gasteiger partial charge is 0.388 e. The third-order valence-electron chi connectivity index (χ3n) is 5.79. The van der Waals surface area contributed by atoms with Gasteiger partial charge in [0.05, 0.1) is 32.0 Å². The number of methoxy groups -OCH3 is 2. The largest absolute Gasteiger partial charge is 0.472 e. The van der Waals surface area contributed by atoms with Crippen LogP contribution in [0, 0.1) is 0 Å². The number of rotatable bonds is 13. The van der Waals surface area contributed by atoms with Crippen molar-refractivity contribution in [3.05, 3.63) is 0 Å². The molecule has 3 N–H and O–H groups in total. The van der Waals surface area contributed by atoms with Gasteiger partial charge in [-0.15, -0.1) is 0 Å². The summed E-state index contributed by atoms with van der Waals surface area (Å²) in [5.41, 5.74) is 0. The predicted octanol–water partition coefficient (Wildman–Crippen LogP) is -1.53. The molecule has 3 fully saturated rings. The van der Waals surface area contributed by atoms with Crippen LogP contribution in [0.25, 0.3) is 0 Å². The minimum atomic E-state index is -4.80. The van der Waals surface area contributed by atoms with Gasteiger partial charge < -0.3 is 38.6 Å². The van der Waals surface area contributed by atoms with Crippen LogP contribution in [-0.2, 0) is 50.9 Å². The highest BCUT2D eigenvalue weighted by Gasteiger charge is 2.48. The van der Waals surface area contributed by atoms with Crippen molar-refractivity contribution in [1.82, 2.24) is 0 Å². The van der Waals surface area contributed by atoms with Gasteiger partial charge in [0, 0.05) is 32.2 Å². The van der Waals surface area contributed by atoms with Crippen LogP contribution in [0.5, 0.6) is 0 Å². The molecule has 0 amide bonds. The molecule has 3 heterocycles. The summed E-state index contributed by atoms with van der Waals surface area (Å²) in [5.74, 6) is 0. The van der Waals surface area contributed by atoms with Crippen molar-refractivity contribution in [2.24, 2.45) is 0 Å². The number of phosphoric acid groups is 2. The van der Waals surface area contributed by atoms with E-state index >= 15 is 0 Å². The average molecular weight is 552 g/mol. The molecule has 14 nitrogen and oxygen atoms in total. The third-order valence-corrected chi connectivity index (χ3v) is 7.79. The van der Waals surface area contributed by atoms with Crippen molar-refractivity contribution >= 4 is 39.2 Å². The first-order valence-electron chi connectivity index (χ1n) is 11.1. The Bertz CT molecular complexity index is 813. The van der Waals surface area contributed by atoms with Gasteiger partial charge in [0.15, 0.2) is 0 Å². The molecule has 0 aromatic carbocycles. The van der Waals surface area contributed by atoms with Gasteiger partial charge in [0.1, 0.15) is 54.1 Å². The summed E-state index contributed by atoms with van der Waals surface area (Å²) in [6.07, 6.45) is -6.78. The van der Waals surface area contributed by atoms with Crippen LogP contribution in [0.1, 0.15) is 12.8 Å². The number of aliphatic hydroxyl groups is 1. The fraction of sp³-hybridized carbons (Fsp3) is 1.00. The quantitative estimate of drug-likeness (QED) is 0.177. The zero-order valence-corrected chi connectivity index (χ0v) is 21.6. The molecule has 0 bridgehead atoms. The number of phosphoric ester groups is 2. The summed E-state index contributed by atoms with van der Waals surface area (Å²) >= 11 is 0. The second kappa shape index (κ2) is 13.0. The van der Waals surface area contributed by atoms with Crippen molar-refractivity contribution in [3.8, 4) is 0 Å². The van der Waals surface area contributed by atoms with Gasteiger partial charge >= 0.3 is 15.6 Å². The number of aliphatic hydroxyl groups excluding tert-OH is 1. The molecule has 0 spiro atoms. The van der Waals surface area contributed by atoms with E-state index in [2.05, 4.69) is 0 Å². The van der Waals surface area contributed by atoms with Crippen LogP contribution in [0.2, 0.25) is 0 Å². The first kappa shape index (κ1) is 30.7. The second-order valence-corrected chi connectivity index (χ2v) is 11.3. The maximum Gasteiger partial charge on any atom is 0.472 e. The van der Waals surface area contributed by atoms with Gasteiger partial charge in [-0.1, -0.05) is 0 Å². The summed E-state index contributed by atoms with van der Waals surface area (Å²) in [7, 11) is 10.4. The van der Waals surface area contributed by atoms with Crippen molar-refractivity contribution in [2.45, 2.75) is 73.6 Å². The molecule has 0 aliphatic carbocycles. The van der Waals surface area contributed by atoms with E-state index in [0.29, 0.717) is 6.42 Å². The highest BCUT2D eigenvalue weighted by molar-refractivity contribution is 7.47. The van der Waals surface area contributed by atoms with Gasteiger partial charge in [0.2, 0.25) is 0 Å². The predicted molar refractivity (Wildman–Crippen MR) is 122 cm³/mol. The summed E-state index contributed by atoms with van der Waals surface area (Å²) in [6, 6.07) is -2.69. The molecule has 6 radical (unpaired) electrons. The van der Waals surface area contributed by atoms with Crippen LogP contribution in [0.3, 0.4) is 0 Å². The maximum atomic E-state index is 12.5. The second-order valence-electron chi connectivity index (χ2n) is 8.50. The summed E-state index contributed by atoms with van der Waals surface area (Å²) in [6.45, 7) is -1.02. The van der Waals surface area contributed by atoms with Crippen LogP contribution in [0.15, 0.2) is 0 Å². The molecular formula is C17H29B3O14P2. The fourth-order valence-electron chi connectivity index (χ4n) is 4.07. The van der Waals surface area contributed by atoms with E-state index in [9.17, 15) is 24.0 Å². The highest BCUT2D eigenvalue weighted by atomic mass is 31.2. The monoisotopic (exact) mass is 552 g/mol. The lowest BCUT2D eigenvalue weighted by Gasteiger charge is -2.25. The molecule has 3 saturated heterocycles. The van der Waals surface area contributed by atoms with Gasteiger partial charge in [-0.05, 0) is 12.8 Å². The Hall–Kier alpha value is 0.175. The Labute approximate surface area is 213 Å². The SMILES string of the molecule is [B]C1CC(OC)C(COP(=O)(O)OC2C(COP(=O)(O)OC3CC([B])OC3COC)OC([B])C2O)O1. The number of hydrogen-bond acceptors (Lipinski definition) is 12. The molecule has 0 saturated carbocycles. The molecular weight excluding hydrogens is 523 g/mol. The third kappa shape index (κ3) is 8.34. The summed E-state index contributed by atoms with van der Waals surface area (Å²) < 4.78 is 71.4. The summed E-state index contributed by atoms with van der Waals surface area (Å²) in [4.78, 5) is 20.3. The first-order chi connectivity index (χ1) is 16.8. The molecule has 3 aliphatic rings. The summed E-state index contributed by atoms with van der Waals surface area (Å²) in [5, 5.41) is 10.3. The Morgan fingerprint density at radius 3 is 1.92 bits per heavy atom. The van der Waals surface area contributed by atoms with E-state index in [1.54, 1.807) is 0 Å². The van der Waals surface area contributed by atoms with Crippen molar-refractivity contribution < 1.29 is 65.8 Å². The van der Waals surface area contributed by atoms with Crippen molar-refractivity contribution in [2.75, 3.05) is 34.0 Å². The van der Waals surface area contributed by atoms with E-state index in [1.807, 2.05) is 0 Å². The zero-order valence-electron chi connectivity index (χ0n) is 19.8. The van der Waals surface area contributed by atoms with E-state index < -0.39 is 89.6 Å². The topological polar surface area (TPSA) is 178 Å². The normalized spacial score (nSPS) is 42.4. The van der Waals surface area contributed by atoms with Gasteiger partial charge in [-0.2, -0.15) is 0 Å². The lowest BCUT2D eigenvalue weighted by molar-refractivity contribution is -0.0418. The molecule has 19 heteroatoms. The highest BCUT2D eigenvalue weighted by Crippen LogP contribution is 2.50. The number of hydrogen-bond donors (Lipinski definition) is 3. The molecule has 36 heavy (non-hydrogen) atoms. The van der Waals surface area contributed by atoms with Crippen molar-refractivity contribution in [1.29, 1.82) is 0 Å². The maximum absolute atomic E-state index is 12.5. The van der Waals surface area contributed by atoms with Crippen LogP contribution >= 0.6 is 15.6 Å². The first-order valence-corrected chi connectivity index (χ1v) is 14.1. The van der Waals surface area contributed by atoms with E-state index in [1.165, 1.54) is 14.2 Å². The molecule has 12 atom stereocenters. The van der Waals surface area contributed by atoms with Crippen LogP contribution in [0.4, 0.5) is 0 Å². The van der Waals surface area contributed by atoms with Gasteiger partial charge in [-0.25, -0.2) is 9.13 Å². The van der Waals surface area contributed by atoms with Crippen molar-refractivity contribution in [3.63, 3.8) is 0 Å². The zero-order chi connectivity index (χ0) is 26.7. The molecule has 0 aromatic heterocycles. The van der Waals surface area contributed by atoms with E-state index in [-0.39, 0.29) is 13.0 Å². The molecule has 3 aliphatic heterocycles. The van der Waals surface area contributed by atoms with Gasteiger partial charge in [-0.3, -0.25) is 18.1 Å². The fourth-order valence-corrected chi connectivity index (χ4v) is 5.99. The van der Waals surface area contributed by atoms with Gasteiger partial charge in [0.25, 0.3) is 0 Å². The Morgan fingerprint density at radius 1 is 0.806 bits per heavy atom. The van der Waals surface area contributed by atoms with Crippen LogP contribution in [-0.4, -0.2) is 133 Å². The Balaban J connectivity index is 1.55. The lowest BCUT2D eigenvalue weighted by atomic mass is 9.93. The lowest BCUT2D eigenvalue weighted by Crippen LogP contribution is -2.37. The average Bonchev–Trinajstić information content (AvgIpc) is 3.41. The molecule has 0 aromatic rings. The van der Waals surface area contributed by atoms with Crippen LogP contribution < -0.4 is 0 Å². The molecule has 12 unspecified atom stereocenters.